The molecule has 1 heterocycles. The zero-order chi connectivity index (χ0) is 16.9. The Balaban J connectivity index is 1.70. The highest BCUT2D eigenvalue weighted by molar-refractivity contribution is 6.33. The van der Waals surface area contributed by atoms with Gasteiger partial charge in [0.15, 0.2) is 0 Å². The number of hydrogen-bond acceptors (Lipinski definition) is 3. The number of nitrogens with one attached hydrogen (secondary N) is 2. The van der Waals surface area contributed by atoms with Crippen molar-refractivity contribution in [1.82, 2.24) is 4.98 Å². The Morgan fingerprint density at radius 1 is 1.00 bits per heavy atom. The molecular weight excluding hydrogens is 322 g/mol. The molecule has 0 bridgehead atoms. The van der Waals surface area contributed by atoms with E-state index in [-0.39, 0.29) is 5.91 Å². The summed E-state index contributed by atoms with van der Waals surface area (Å²) in [5.41, 5.74) is 3.85. The second-order valence-corrected chi connectivity index (χ2v) is 5.77. The fraction of sp³-hybridized carbons (Fsp3) is 0.0526. The molecule has 0 radical (unpaired) electrons. The first-order valence-corrected chi connectivity index (χ1v) is 7.85. The van der Waals surface area contributed by atoms with Gasteiger partial charge in [-0.3, -0.25) is 4.79 Å². The third-order valence-corrected chi connectivity index (χ3v) is 3.75. The number of amides is 1. The first-order valence-electron chi connectivity index (χ1n) is 7.47. The van der Waals surface area contributed by atoms with E-state index in [0.717, 1.165) is 11.4 Å². The molecule has 1 aromatic heterocycles. The summed E-state index contributed by atoms with van der Waals surface area (Å²) in [6.07, 6.45) is 1.63. The highest BCUT2D eigenvalue weighted by Gasteiger charge is 2.09. The van der Waals surface area contributed by atoms with E-state index in [9.17, 15) is 4.79 Å². The van der Waals surface area contributed by atoms with Gasteiger partial charge in [0.05, 0.1) is 22.6 Å². The van der Waals surface area contributed by atoms with Crippen molar-refractivity contribution in [3.05, 3.63) is 83.1 Å². The molecule has 0 aliphatic carbocycles. The van der Waals surface area contributed by atoms with E-state index in [2.05, 4.69) is 15.6 Å². The molecule has 0 fully saturated rings. The van der Waals surface area contributed by atoms with Gasteiger partial charge in [0.1, 0.15) is 5.69 Å². The highest BCUT2D eigenvalue weighted by Crippen LogP contribution is 2.21. The molecule has 3 rings (SSSR count). The summed E-state index contributed by atoms with van der Waals surface area (Å²) in [5, 5.41) is 6.49. The smallest absolute Gasteiger partial charge is 0.274 e. The minimum Gasteiger partial charge on any atom is -0.354 e. The molecule has 3 aromatic rings. The molecule has 0 spiro atoms. The normalized spacial score (nSPS) is 10.2. The zero-order valence-electron chi connectivity index (χ0n) is 13.1. The van der Waals surface area contributed by atoms with Crippen LogP contribution in [0.4, 0.5) is 17.1 Å². The minimum atomic E-state index is -0.301. The molecule has 0 unspecified atom stereocenters. The summed E-state index contributed by atoms with van der Waals surface area (Å²) in [6, 6.07) is 18.6. The average Bonchev–Trinajstić information content (AvgIpc) is 2.57. The Hall–Kier alpha value is -2.85. The van der Waals surface area contributed by atoms with Crippen molar-refractivity contribution in [1.29, 1.82) is 0 Å². The number of hydrogen-bond donors (Lipinski definition) is 2. The Morgan fingerprint density at radius 3 is 2.54 bits per heavy atom. The Bertz CT molecular complexity index is 862. The monoisotopic (exact) mass is 337 g/mol. The van der Waals surface area contributed by atoms with Gasteiger partial charge in [0.2, 0.25) is 0 Å². The van der Waals surface area contributed by atoms with Crippen LogP contribution >= 0.6 is 11.6 Å². The number of nitrogens with zero attached hydrogens (tertiary/aromatic N) is 1. The Kier molecular flexibility index (Phi) is 4.77. The summed E-state index contributed by atoms with van der Waals surface area (Å²) >= 11 is 6.04. The van der Waals surface area contributed by atoms with Gasteiger partial charge in [-0.15, -0.1) is 0 Å². The fourth-order valence-electron chi connectivity index (χ4n) is 2.24. The summed E-state index contributed by atoms with van der Waals surface area (Å²) < 4.78 is 0. The number of carbonyl (C=O) groups excluding carboxylic acids is 1. The fourth-order valence-corrected chi connectivity index (χ4v) is 2.42. The van der Waals surface area contributed by atoms with Gasteiger partial charge >= 0.3 is 0 Å². The van der Waals surface area contributed by atoms with E-state index in [1.165, 1.54) is 5.56 Å². The van der Waals surface area contributed by atoms with Crippen LogP contribution in [0.5, 0.6) is 0 Å². The SMILES string of the molecule is Cc1cccc(Nc2ccc(C(=O)Nc3ccccc3Cl)nc2)c1. The van der Waals surface area contributed by atoms with Gasteiger partial charge in [-0.1, -0.05) is 35.9 Å². The first-order chi connectivity index (χ1) is 11.6. The molecule has 0 saturated heterocycles. The average molecular weight is 338 g/mol. The maximum Gasteiger partial charge on any atom is 0.274 e. The molecule has 120 valence electrons. The van der Waals surface area contributed by atoms with E-state index >= 15 is 0 Å². The predicted octanol–water partition coefficient (Wildman–Crippen LogP) is 5.04. The maximum atomic E-state index is 12.2. The second kappa shape index (κ2) is 7.15. The molecule has 5 heteroatoms. The van der Waals surface area contributed by atoms with Gasteiger partial charge in [-0.2, -0.15) is 0 Å². The lowest BCUT2D eigenvalue weighted by Crippen LogP contribution is -2.13. The molecule has 0 aliphatic heterocycles. The number of halogens is 1. The molecular formula is C19H16ClN3O. The first kappa shape index (κ1) is 16.0. The van der Waals surface area contributed by atoms with Crippen molar-refractivity contribution in [3.8, 4) is 0 Å². The molecule has 4 nitrogen and oxygen atoms in total. The highest BCUT2D eigenvalue weighted by atomic mass is 35.5. The molecule has 2 N–H and O–H groups in total. The molecule has 2 aromatic carbocycles. The van der Waals surface area contributed by atoms with Crippen molar-refractivity contribution >= 4 is 34.6 Å². The van der Waals surface area contributed by atoms with Crippen LogP contribution in [0.25, 0.3) is 0 Å². The lowest BCUT2D eigenvalue weighted by atomic mass is 10.2. The number of rotatable bonds is 4. The minimum absolute atomic E-state index is 0.301. The van der Waals surface area contributed by atoms with E-state index in [1.54, 1.807) is 24.4 Å². The summed E-state index contributed by atoms with van der Waals surface area (Å²) in [5.74, 6) is -0.301. The predicted molar refractivity (Wildman–Crippen MR) is 98.1 cm³/mol. The molecule has 0 saturated carbocycles. The van der Waals surface area contributed by atoms with Crippen molar-refractivity contribution in [2.75, 3.05) is 10.6 Å². The van der Waals surface area contributed by atoms with E-state index in [1.807, 2.05) is 49.4 Å². The lowest BCUT2D eigenvalue weighted by Gasteiger charge is -2.09. The molecule has 24 heavy (non-hydrogen) atoms. The van der Waals surface area contributed by atoms with Crippen LogP contribution in [0.3, 0.4) is 0 Å². The third kappa shape index (κ3) is 3.91. The van der Waals surface area contributed by atoms with E-state index < -0.39 is 0 Å². The van der Waals surface area contributed by atoms with Crippen LogP contribution in [0, 0.1) is 6.92 Å². The molecule has 1 amide bonds. The van der Waals surface area contributed by atoms with Gasteiger partial charge < -0.3 is 10.6 Å². The summed E-state index contributed by atoms with van der Waals surface area (Å²) in [6.45, 7) is 2.03. The maximum absolute atomic E-state index is 12.2. The zero-order valence-corrected chi connectivity index (χ0v) is 13.8. The number of carbonyl (C=O) groups is 1. The van der Waals surface area contributed by atoms with Crippen molar-refractivity contribution in [2.24, 2.45) is 0 Å². The standard InChI is InChI=1S/C19H16ClN3O/c1-13-5-4-6-14(11-13)22-15-9-10-18(21-12-15)19(24)23-17-8-3-2-7-16(17)20/h2-12,22H,1H3,(H,23,24). The van der Waals surface area contributed by atoms with Crippen LogP contribution in [-0.4, -0.2) is 10.9 Å². The number of aryl methyl sites for hydroxylation is 1. The largest absolute Gasteiger partial charge is 0.354 e. The van der Waals surface area contributed by atoms with E-state index in [0.29, 0.717) is 16.4 Å². The van der Waals surface area contributed by atoms with Gasteiger partial charge in [-0.05, 0) is 48.9 Å². The Morgan fingerprint density at radius 2 is 1.83 bits per heavy atom. The number of anilines is 3. The molecule has 0 aliphatic rings. The number of pyridine rings is 1. The second-order valence-electron chi connectivity index (χ2n) is 5.36. The van der Waals surface area contributed by atoms with Crippen LogP contribution in [0.2, 0.25) is 5.02 Å². The van der Waals surface area contributed by atoms with Crippen LogP contribution in [0.1, 0.15) is 16.1 Å². The third-order valence-electron chi connectivity index (χ3n) is 3.42. The number of aromatic nitrogens is 1. The summed E-state index contributed by atoms with van der Waals surface area (Å²) in [4.78, 5) is 16.4. The van der Waals surface area contributed by atoms with Crippen LogP contribution in [0.15, 0.2) is 66.9 Å². The van der Waals surface area contributed by atoms with Crippen molar-refractivity contribution < 1.29 is 4.79 Å². The van der Waals surface area contributed by atoms with Gasteiger partial charge in [0.25, 0.3) is 5.91 Å². The topological polar surface area (TPSA) is 54.0 Å². The van der Waals surface area contributed by atoms with Crippen molar-refractivity contribution in [2.45, 2.75) is 6.92 Å². The number of para-hydroxylation sites is 1. The molecule has 0 atom stereocenters. The van der Waals surface area contributed by atoms with Gasteiger partial charge in [-0.25, -0.2) is 4.98 Å². The van der Waals surface area contributed by atoms with Gasteiger partial charge in [0, 0.05) is 5.69 Å². The van der Waals surface area contributed by atoms with Crippen LogP contribution in [-0.2, 0) is 0 Å². The number of benzene rings is 2. The van der Waals surface area contributed by atoms with Crippen LogP contribution < -0.4 is 10.6 Å². The van der Waals surface area contributed by atoms with E-state index in [4.69, 9.17) is 11.6 Å². The Labute approximate surface area is 145 Å². The lowest BCUT2D eigenvalue weighted by molar-refractivity contribution is 0.102. The quantitative estimate of drug-likeness (QED) is 0.701. The summed E-state index contributed by atoms with van der Waals surface area (Å²) in [7, 11) is 0. The van der Waals surface area contributed by atoms with Crippen molar-refractivity contribution in [3.63, 3.8) is 0 Å².